The maximum Gasteiger partial charge on any atom is 0.387 e. The molecule has 0 saturated heterocycles. The number of amides is 1. The molecule has 1 amide bonds. The minimum atomic E-state index is -2.86. The molecule has 4 rings (SSSR count). The van der Waals surface area contributed by atoms with Gasteiger partial charge in [-0.05, 0) is 85.9 Å². The molecule has 1 fully saturated rings. The number of nitrogens with one attached hydrogen (secondary N) is 1. The fraction of sp³-hybridized carbons (Fsp3) is 0.407. The van der Waals surface area contributed by atoms with Gasteiger partial charge in [-0.1, -0.05) is 24.3 Å². The maximum absolute atomic E-state index is 12.8. The van der Waals surface area contributed by atoms with Crippen LogP contribution in [0.15, 0.2) is 54.6 Å². The number of hydrogen-bond acceptors (Lipinski definition) is 4. The minimum Gasteiger partial charge on any atom is -0.435 e. The normalized spacial score (nSPS) is 18.6. The summed E-state index contributed by atoms with van der Waals surface area (Å²) in [6.07, 6.45) is 3.08. The zero-order chi connectivity index (χ0) is 24.9. The molecular formula is C27H31F2N3O3. The Kier molecular flexibility index (Phi) is 7.80. The Bertz CT molecular complexity index is 1120. The molecule has 8 heteroatoms. The summed E-state index contributed by atoms with van der Waals surface area (Å²) in [5.74, 6) is 0.612. The zero-order valence-electron chi connectivity index (χ0n) is 20.0. The Balaban J connectivity index is 1.28. The monoisotopic (exact) mass is 483 g/mol. The number of ether oxygens (including phenoxy) is 1. The molecule has 0 bridgehead atoms. The Morgan fingerprint density at radius 1 is 1.17 bits per heavy atom. The van der Waals surface area contributed by atoms with Gasteiger partial charge in [-0.2, -0.15) is 13.9 Å². The van der Waals surface area contributed by atoms with Crippen LogP contribution in [-0.4, -0.2) is 39.8 Å². The molecule has 35 heavy (non-hydrogen) atoms. The lowest BCUT2D eigenvalue weighted by atomic mass is 9.91. The highest BCUT2D eigenvalue weighted by Crippen LogP contribution is 2.40. The fourth-order valence-corrected chi connectivity index (χ4v) is 4.91. The fourth-order valence-electron chi connectivity index (χ4n) is 4.91. The van der Waals surface area contributed by atoms with E-state index in [9.17, 15) is 18.7 Å². The van der Waals surface area contributed by atoms with Crippen molar-refractivity contribution in [1.82, 2.24) is 15.1 Å². The van der Waals surface area contributed by atoms with E-state index in [1.165, 1.54) is 17.7 Å². The molecule has 6 nitrogen and oxygen atoms in total. The standard InChI is InChI=1S/C27H31F2N3O3/c1-17-13-23(31-30-17)16-32(2)26(34)21-6-3-18(4-7-21)14-19-5-8-22(15-19)25(33)20-9-11-24(12-10-20)35-27(28)29/h3-4,6-7,9-13,19,22,25,27,33H,5,8,14-16H2,1-2H3,(H,30,31)/t19-,22-,25+/m0/s1. The second kappa shape index (κ2) is 11.0. The van der Waals surface area contributed by atoms with E-state index in [0.29, 0.717) is 23.6 Å². The van der Waals surface area contributed by atoms with Crippen molar-refractivity contribution in [3.8, 4) is 5.75 Å². The molecule has 1 aliphatic rings. The van der Waals surface area contributed by atoms with Crippen molar-refractivity contribution in [3.05, 3.63) is 82.7 Å². The first-order valence-corrected chi connectivity index (χ1v) is 11.9. The third-order valence-electron chi connectivity index (χ3n) is 6.71. The molecule has 186 valence electrons. The van der Waals surface area contributed by atoms with E-state index < -0.39 is 12.7 Å². The van der Waals surface area contributed by atoms with Crippen molar-refractivity contribution in [2.45, 2.75) is 51.9 Å². The molecule has 0 unspecified atom stereocenters. The van der Waals surface area contributed by atoms with Crippen LogP contribution in [0.5, 0.6) is 5.75 Å². The number of rotatable bonds is 9. The van der Waals surface area contributed by atoms with Crippen LogP contribution in [0.25, 0.3) is 0 Å². The van der Waals surface area contributed by atoms with Gasteiger partial charge in [-0.25, -0.2) is 0 Å². The van der Waals surface area contributed by atoms with Crippen LogP contribution >= 0.6 is 0 Å². The molecule has 1 saturated carbocycles. The molecule has 1 aliphatic carbocycles. The average molecular weight is 484 g/mol. The number of hydrogen-bond donors (Lipinski definition) is 2. The number of halogens is 2. The largest absolute Gasteiger partial charge is 0.435 e. The average Bonchev–Trinajstić information content (AvgIpc) is 3.47. The third-order valence-corrected chi connectivity index (χ3v) is 6.71. The molecular weight excluding hydrogens is 452 g/mol. The number of aryl methyl sites for hydroxylation is 1. The van der Waals surface area contributed by atoms with E-state index in [4.69, 9.17) is 0 Å². The van der Waals surface area contributed by atoms with E-state index in [2.05, 4.69) is 14.9 Å². The summed E-state index contributed by atoms with van der Waals surface area (Å²) < 4.78 is 29.0. The number of alkyl halides is 2. The van der Waals surface area contributed by atoms with Gasteiger partial charge in [0.25, 0.3) is 5.91 Å². The predicted octanol–water partition coefficient (Wildman–Crippen LogP) is 5.28. The van der Waals surface area contributed by atoms with Gasteiger partial charge in [0, 0.05) is 18.3 Å². The highest BCUT2D eigenvalue weighted by Gasteiger charge is 2.30. The van der Waals surface area contributed by atoms with Crippen LogP contribution in [0.4, 0.5) is 8.78 Å². The van der Waals surface area contributed by atoms with Crippen molar-refractivity contribution < 1.29 is 23.4 Å². The molecule has 2 aromatic carbocycles. The van der Waals surface area contributed by atoms with Crippen LogP contribution in [0.2, 0.25) is 0 Å². The summed E-state index contributed by atoms with van der Waals surface area (Å²) in [6, 6.07) is 15.9. The highest BCUT2D eigenvalue weighted by molar-refractivity contribution is 5.94. The lowest BCUT2D eigenvalue weighted by molar-refractivity contribution is -0.0498. The zero-order valence-corrected chi connectivity index (χ0v) is 20.0. The Morgan fingerprint density at radius 3 is 2.51 bits per heavy atom. The third kappa shape index (κ3) is 6.45. The summed E-state index contributed by atoms with van der Waals surface area (Å²) in [5, 5.41) is 17.9. The van der Waals surface area contributed by atoms with Crippen molar-refractivity contribution in [1.29, 1.82) is 0 Å². The summed E-state index contributed by atoms with van der Waals surface area (Å²) >= 11 is 0. The number of aromatic amines is 1. The van der Waals surface area contributed by atoms with Gasteiger partial charge in [0.15, 0.2) is 0 Å². The Morgan fingerprint density at radius 2 is 1.89 bits per heavy atom. The molecule has 0 aliphatic heterocycles. The van der Waals surface area contributed by atoms with E-state index >= 15 is 0 Å². The number of carbonyl (C=O) groups excluding carboxylic acids is 1. The van der Waals surface area contributed by atoms with Crippen LogP contribution in [0.1, 0.15) is 58.2 Å². The number of benzene rings is 2. The number of H-pyrrole nitrogens is 1. The number of nitrogens with zero attached hydrogens (tertiary/aromatic N) is 2. The topological polar surface area (TPSA) is 78.5 Å². The number of aliphatic hydroxyl groups excluding tert-OH is 1. The van der Waals surface area contributed by atoms with Gasteiger partial charge in [0.2, 0.25) is 0 Å². The summed E-state index contributed by atoms with van der Waals surface area (Å²) in [4.78, 5) is 14.4. The van der Waals surface area contributed by atoms with Crippen molar-refractivity contribution in [3.63, 3.8) is 0 Å². The summed E-state index contributed by atoms with van der Waals surface area (Å²) in [7, 11) is 1.77. The first-order chi connectivity index (χ1) is 16.8. The van der Waals surface area contributed by atoms with Crippen molar-refractivity contribution in [2.75, 3.05) is 7.05 Å². The van der Waals surface area contributed by atoms with E-state index in [-0.39, 0.29) is 17.6 Å². The van der Waals surface area contributed by atoms with Gasteiger partial charge in [0.05, 0.1) is 18.3 Å². The second-order valence-electron chi connectivity index (χ2n) is 9.44. The smallest absolute Gasteiger partial charge is 0.387 e. The van der Waals surface area contributed by atoms with Gasteiger partial charge in [-0.3, -0.25) is 9.89 Å². The van der Waals surface area contributed by atoms with Crippen LogP contribution in [0.3, 0.4) is 0 Å². The van der Waals surface area contributed by atoms with Crippen LogP contribution < -0.4 is 4.74 Å². The van der Waals surface area contributed by atoms with Crippen molar-refractivity contribution >= 4 is 5.91 Å². The molecule has 2 N–H and O–H groups in total. The first kappa shape index (κ1) is 24.9. The van der Waals surface area contributed by atoms with Crippen LogP contribution in [0, 0.1) is 18.8 Å². The Labute approximate surface area is 203 Å². The highest BCUT2D eigenvalue weighted by atomic mass is 19.3. The maximum atomic E-state index is 12.8. The Hall–Kier alpha value is -3.26. The summed E-state index contributed by atoms with van der Waals surface area (Å²) in [6.45, 7) is -0.491. The first-order valence-electron chi connectivity index (χ1n) is 11.9. The van der Waals surface area contributed by atoms with E-state index in [0.717, 1.165) is 37.1 Å². The van der Waals surface area contributed by atoms with Crippen LogP contribution in [-0.2, 0) is 13.0 Å². The molecule has 0 radical (unpaired) electrons. The number of carbonyl (C=O) groups is 1. The molecule has 1 aromatic heterocycles. The molecule has 3 atom stereocenters. The SMILES string of the molecule is Cc1cc(CN(C)C(=O)c2ccc(C[C@@H]3CC[C@H]([C@H](O)c4ccc(OC(F)F)cc4)C3)cc2)n[nH]1. The number of aliphatic hydroxyl groups is 1. The molecule has 0 spiro atoms. The quantitative estimate of drug-likeness (QED) is 0.434. The lowest BCUT2D eigenvalue weighted by Gasteiger charge is -2.19. The van der Waals surface area contributed by atoms with E-state index in [1.807, 2.05) is 37.3 Å². The predicted molar refractivity (Wildman–Crippen MR) is 128 cm³/mol. The summed E-state index contributed by atoms with van der Waals surface area (Å²) in [5.41, 5.74) is 4.31. The van der Waals surface area contributed by atoms with Gasteiger partial charge in [-0.15, -0.1) is 0 Å². The molecule has 3 aromatic rings. The van der Waals surface area contributed by atoms with Gasteiger partial charge in [0.1, 0.15) is 5.75 Å². The van der Waals surface area contributed by atoms with Gasteiger partial charge < -0.3 is 14.7 Å². The minimum absolute atomic E-state index is 0.0498. The van der Waals surface area contributed by atoms with E-state index in [1.54, 1.807) is 24.1 Å². The van der Waals surface area contributed by atoms with Gasteiger partial charge >= 0.3 is 6.61 Å². The second-order valence-corrected chi connectivity index (χ2v) is 9.44. The lowest BCUT2D eigenvalue weighted by Crippen LogP contribution is -2.26. The number of aromatic nitrogens is 2. The molecule has 1 heterocycles. The van der Waals surface area contributed by atoms with Crippen molar-refractivity contribution in [2.24, 2.45) is 11.8 Å².